The van der Waals surface area contributed by atoms with Crippen LogP contribution in [0.5, 0.6) is 0 Å². The second-order valence-electron chi connectivity index (χ2n) is 7.35. The molecule has 0 aliphatic heterocycles. The van der Waals surface area contributed by atoms with E-state index < -0.39 is 0 Å². The van der Waals surface area contributed by atoms with Gasteiger partial charge < -0.3 is 5.21 Å². The first-order valence-electron chi connectivity index (χ1n) is 7.64. The number of pyridine rings is 1. The maximum atomic E-state index is 12.2. The van der Waals surface area contributed by atoms with E-state index in [1.165, 1.54) is 19.3 Å². The number of rotatable bonds is 1. The summed E-state index contributed by atoms with van der Waals surface area (Å²) in [5, 5.41) is 10.4. The highest BCUT2D eigenvalue weighted by molar-refractivity contribution is 5.31. The summed E-state index contributed by atoms with van der Waals surface area (Å²) in [6.45, 7) is 10.4. The Balaban J connectivity index is 2.71. The Kier molecular flexibility index (Phi) is 3.74. The summed E-state index contributed by atoms with van der Waals surface area (Å²) < 4.78 is 0.916. The highest BCUT2D eigenvalue weighted by atomic mass is 16.5. The van der Waals surface area contributed by atoms with Crippen LogP contribution < -0.4 is 5.56 Å². The fourth-order valence-electron chi connectivity index (χ4n) is 3.70. The van der Waals surface area contributed by atoms with Crippen LogP contribution >= 0.6 is 0 Å². The smallest absolute Gasteiger partial charge is 0.286 e. The molecule has 0 spiro atoms. The third kappa shape index (κ3) is 2.17. The fraction of sp³-hybridized carbons (Fsp3) is 0.706. The van der Waals surface area contributed by atoms with Gasteiger partial charge >= 0.3 is 0 Å². The lowest BCUT2D eigenvalue weighted by atomic mass is 9.57. The van der Waals surface area contributed by atoms with Gasteiger partial charge in [0.2, 0.25) is 0 Å². The van der Waals surface area contributed by atoms with Gasteiger partial charge in [-0.2, -0.15) is 4.73 Å². The van der Waals surface area contributed by atoms with Crippen molar-refractivity contribution in [3.05, 3.63) is 33.2 Å². The quantitative estimate of drug-likeness (QED) is 0.790. The highest BCUT2D eigenvalue weighted by Gasteiger charge is 2.46. The first-order chi connectivity index (χ1) is 9.21. The molecule has 1 aromatic heterocycles. The second kappa shape index (κ2) is 4.94. The predicted molar refractivity (Wildman–Crippen MR) is 81.6 cm³/mol. The van der Waals surface area contributed by atoms with Crippen LogP contribution in [0.4, 0.5) is 0 Å². The van der Waals surface area contributed by atoms with Crippen LogP contribution in [0, 0.1) is 19.3 Å². The van der Waals surface area contributed by atoms with Crippen molar-refractivity contribution < 1.29 is 5.21 Å². The number of hydrogen-bond donors (Lipinski definition) is 1. The summed E-state index contributed by atoms with van der Waals surface area (Å²) in [5.74, 6) is 0. The van der Waals surface area contributed by atoms with Gasteiger partial charge in [0.15, 0.2) is 0 Å². The van der Waals surface area contributed by atoms with E-state index in [4.69, 9.17) is 0 Å². The molecule has 1 N–H and O–H groups in total. The van der Waals surface area contributed by atoms with E-state index in [1.54, 1.807) is 6.92 Å². The minimum absolute atomic E-state index is 0.0199. The van der Waals surface area contributed by atoms with E-state index in [1.807, 2.05) is 13.0 Å². The van der Waals surface area contributed by atoms with Crippen LogP contribution in [0.1, 0.15) is 69.7 Å². The molecule has 2 rings (SSSR count). The molecule has 0 amide bonds. The van der Waals surface area contributed by atoms with E-state index in [0.717, 1.165) is 28.8 Å². The van der Waals surface area contributed by atoms with Crippen molar-refractivity contribution in [2.24, 2.45) is 5.41 Å². The lowest BCUT2D eigenvalue weighted by Crippen LogP contribution is -2.46. The number of hydrogen-bond acceptors (Lipinski definition) is 2. The summed E-state index contributed by atoms with van der Waals surface area (Å²) in [6, 6.07) is 2.02. The Bertz CT molecular complexity index is 558. The Morgan fingerprint density at radius 2 is 1.70 bits per heavy atom. The first kappa shape index (κ1) is 15.1. The Labute approximate surface area is 121 Å². The number of aromatic nitrogens is 1. The summed E-state index contributed by atoms with van der Waals surface area (Å²) in [7, 11) is 0. The van der Waals surface area contributed by atoms with Gasteiger partial charge in [0.05, 0.1) is 5.69 Å². The largest absolute Gasteiger partial charge is 0.425 e. The molecule has 0 unspecified atom stereocenters. The van der Waals surface area contributed by atoms with Crippen molar-refractivity contribution in [2.45, 2.75) is 72.1 Å². The molecule has 3 nitrogen and oxygen atoms in total. The van der Waals surface area contributed by atoms with Crippen LogP contribution in [0.15, 0.2) is 10.9 Å². The third-order valence-corrected chi connectivity index (χ3v) is 5.32. The number of nitrogens with zero attached hydrogens (tertiary/aromatic N) is 1. The molecule has 3 heteroatoms. The standard InChI is InChI=1S/C17H27NO2/c1-12-11-14(18(20)15(19)13(12)2)17(16(3,4)5)9-7-6-8-10-17/h11,20H,6-10H2,1-5H3. The van der Waals surface area contributed by atoms with Crippen molar-refractivity contribution in [3.63, 3.8) is 0 Å². The van der Waals surface area contributed by atoms with Crippen LogP contribution in [0.25, 0.3) is 0 Å². The maximum Gasteiger partial charge on any atom is 0.286 e. The first-order valence-corrected chi connectivity index (χ1v) is 7.64. The minimum atomic E-state index is -0.269. The van der Waals surface area contributed by atoms with Crippen molar-refractivity contribution in [1.29, 1.82) is 0 Å². The molecule has 1 saturated carbocycles. The van der Waals surface area contributed by atoms with E-state index in [9.17, 15) is 10.0 Å². The van der Waals surface area contributed by atoms with Gasteiger partial charge in [-0.15, -0.1) is 0 Å². The van der Waals surface area contributed by atoms with Crippen molar-refractivity contribution >= 4 is 0 Å². The number of aryl methyl sites for hydroxylation is 1. The Morgan fingerprint density at radius 3 is 2.20 bits per heavy atom. The molecule has 1 aromatic rings. The average molecular weight is 277 g/mol. The molecule has 0 aromatic carbocycles. The normalized spacial score (nSPS) is 19.1. The zero-order valence-corrected chi connectivity index (χ0v) is 13.4. The molecule has 0 atom stereocenters. The van der Waals surface area contributed by atoms with Crippen molar-refractivity contribution in [3.8, 4) is 0 Å². The molecule has 1 heterocycles. The van der Waals surface area contributed by atoms with Gasteiger partial charge in [-0.05, 0) is 43.7 Å². The third-order valence-electron chi connectivity index (χ3n) is 5.32. The molecule has 112 valence electrons. The fourth-order valence-corrected chi connectivity index (χ4v) is 3.70. The monoisotopic (exact) mass is 277 g/mol. The molecule has 1 aliphatic carbocycles. The molecule has 0 bridgehead atoms. The van der Waals surface area contributed by atoms with Gasteiger partial charge in [0.25, 0.3) is 5.56 Å². The molecule has 0 saturated heterocycles. The Morgan fingerprint density at radius 1 is 1.15 bits per heavy atom. The van der Waals surface area contributed by atoms with Crippen molar-refractivity contribution in [2.75, 3.05) is 0 Å². The highest BCUT2D eigenvalue weighted by Crippen LogP contribution is 2.51. The van der Waals surface area contributed by atoms with Crippen LogP contribution in [0.2, 0.25) is 0 Å². The summed E-state index contributed by atoms with van der Waals surface area (Å²) >= 11 is 0. The summed E-state index contributed by atoms with van der Waals surface area (Å²) in [6.07, 6.45) is 5.66. The van der Waals surface area contributed by atoms with Gasteiger partial charge in [-0.25, -0.2) is 0 Å². The lowest BCUT2D eigenvalue weighted by molar-refractivity contribution is 0.0748. The molecule has 1 fully saturated rings. The van der Waals surface area contributed by atoms with Gasteiger partial charge in [-0.1, -0.05) is 40.0 Å². The molecular formula is C17H27NO2. The Hall–Kier alpha value is -1.25. The summed E-state index contributed by atoms with van der Waals surface area (Å²) in [5.41, 5.74) is 2.05. The molecule has 1 aliphatic rings. The topological polar surface area (TPSA) is 42.2 Å². The second-order valence-corrected chi connectivity index (χ2v) is 7.35. The summed E-state index contributed by atoms with van der Waals surface area (Å²) in [4.78, 5) is 12.2. The maximum absolute atomic E-state index is 12.2. The van der Waals surface area contributed by atoms with Crippen LogP contribution in [0.3, 0.4) is 0 Å². The van der Waals surface area contributed by atoms with E-state index in [-0.39, 0.29) is 16.4 Å². The SMILES string of the molecule is Cc1cc(C2(C(C)(C)C)CCCCC2)n(O)c(=O)c1C. The van der Waals surface area contributed by atoms with Crippen molar-refractivity contribution in [1.82, 2.24) is 4.73 Å². The van der Waals surface area contributed by atoms with Gasteiger partial charge in [0.1, 0.15) is 0 Å². The van der Waals surface area contributed by atoms with Crippen LogP contribution in [-0.2, 0) is 5.41 Å². The molecule has 20 heavy (non-hydrogen) atoms. The van der Waals surface area contributed by atoms with Gasteiger partial charge in [-0.3, -0.25) is 4.79 Å². The van der Waals surface area contributed by atoms with E-state index in [0.29, 0.717) is 5.56 Å². The van der Waals surface area contributed by atoms with E-state index >= 15 is 0 Å². The lowest BCUT2D eigenvalue weighted by Gasteiger charge is -2.48. The zero-order chi connectivity index (χ0) is 15.1. The minimum Gasteiger partial charge on any atom is -0.425 e. The van der Waals surface area contributed by atoms with Gasteiger partial charge in [0, 0.05) is 11.0 Å². The molecule has 0 radical (unpaired) electrons. The average Bonchev–Trinajstić information content (AvgIpc) is 2.40. The molecular weight excluding hydrogens is 250 g/mol. The van der Waals surface area contributed by atoms with Crippen LogP contribution in [-0.4, -0.2) is 9.94 Å². The predicted octanol–water partition coefficient (Wildman–Crippen LogP) is 3.95. The van der Waals surface area contributed by atoms with E-state index in [2.05, 4.69) is 20.8 Å². The zero-order valence-electron chi connectivity index (χ0n) is 13.4.